The van der Waals surface area contributed by atoms with Gasteiger partial charge in [-0.15, -0.1) is 0 Å². The van der Waals surface area contributed by atoms with Crippen molar-refractivity contribution in [3.8, 4) is 11.8 Å². The molecule has 0 fully saturated rings. The second kappa shape index (κ2) is 6.68. The first-order valence-corrected chi connectivity index (χ1v) is 7.28. The first-order chi connectivity index (χ1) is 12.1. The Hall–Kier alpha value is -3.92. The van der Waals surface area contributed by atoms with Gasteiger partial charge in [0.15, 0.2) is 0 Å². The number of phenolic OH excluding ortho intramolecular Hbond substituents is 1. The van der Waals surface area contributed by atoms with Crippen LogP contribution in [-0.2, 0) is 9.59 Å². The van der Waals surface area contributed by atoms with E-state index >= 15 is 0 Å². The summed E-state index contributed by atoms with van der Waals surface area (Å²) in [6, 6.07) is 15.0. The van der Waals surface area contributed by atoms with E-state index in [1.165, 1.54) is 12.3 Å². The number of carbonyl (C=O) groups is 2. The van der Waals surface area contributed by atoms with Crippen LogP contribution in [0, 0.1) is 11.3 Å². The average molecular weight is 332 g/mol. The normalized spacial score (nSPS) is 14.6. The third kappa shape index (κ3) is 3.09. The van der Waals surface area contributed by atoms with Crippen molar-refractivity contribution in [2.75, 3.05) is 5.32 Å². The Morgan fingerprint density at radius 1 is 1.20 bits per heavy atom. The molecule has 3 rings (SSSR count). The van der Waals surface area contributed by atoms with Crippen LogP contribution in [0.1, 0.15) is 11.1 Å². The van der Waals surface area contributed by atoms with Gasteiger partial charge in [-0.3, -0.25) is 9.59 Å². The maximum atomic E-state index is 12.2. The van der Waals surface area contributed by atoms with Crippen molar-refractivity contribution in [1.82, 2.24) is 5.43 Å². The molecular weight excluding hydrogens is 320 g/mol. The molecule has 0 radical (unpaired) electrons. The first kappa shape index (κ1) is 16.0. The van der Waals surface area contributed by atoms with Gasteiger partial charge in [-0.25, -0.2) is 5.43 Å². The number of para-hydroxylation sites is 2. The highest BCUT2D eigenvalue weighted by molar-refractivity contribution is 6.36. The molecular formula is C18H12N4O3. The second-order valence-corrected chi connectivity index (χ2v) is 5.12. The number of amides is 2. The van der Waals surface area contributed by atoms with Gasteiger partial charge in [0.05, 0.1) is 11.8 Å². The Bertz CT molecular complexity index is 970. The topological polar surface area (TPSA) is 115 Å². The number of hydrogen-bond donors (Lipinski definition) is 3. The molecule has 2 aromatic rings. The van der Waals surface area contributed by atoms with Gasteiger partial charge in [0.25, 0.3) is 11.8 Å². The molecule has 7 nitrogen and oxygen atoms in total. The van der Waals surface area contributed by atoms with Crippen LogP contribution in [0.3, 0.4) is 0 Å². The largest absolute Gasteiger partial charge is 0.507 e. The van der Waals surface area contributed by atoms with E-state index in [0.29, 0.717) is 16.8 Å². The molecule has 0 unspecified atom stereocenters. The number of hydrogen-bond acceptors (Lipinski definition) is 5. The SMILES string of the molecule is N#CC(C(=O)NN=Cc1ccccc1O)=C1C(=O)Nc2ccccc21. The summed E-state index contributed by atoms with van der Waals surface area (Å²) in [6.45, 7) is 0. The summed E-state index contributed by atoms with van der Waals surface area (Å²) < 4.78 is 0. The lowest BCUT2D eigenvalue weighted by atomic mass is 10.0. The average Bonchev–Trinajstić information content (AvgIpc) is 2.94. The number of phenols is 1. The summed E-state index contributed by atoms with van der Waals surface area (Å²) in [5.74, 6) is -1.32. The first-order valence-electron chi connectivity index (χ1n) is 7.28. The lowest BCUT2D eigenvalue weighted by Crippen LogP contribution is -2.21. The van der Waals surface area contributed by atoms with Crippen LogP contribution in [0.5, 0.6) is 5.75 Å². The fraction of sp³-hybridized carbons (Fsp3) is 0. The van der Waals surface area contributed by atoms with E-state index in [9.17, 15) is 20.0 Å². The van der Waals surface area contributed by atoms with E-state index in [0.717, 1.165) is 0 Å². The van der Waals surface area contributed by atoms with Gasteiger partial charge in [-0.2, -0.15) is 10.4 Å². The molecule has 0 aromatic heterocycles. The van der Waals surface area contributed by atoms with Crippen molar-refractivity contribution in [1.29, 1.82) is 5.26 Å². The lowest BCUT2D eigenvalue weighted by molar-refractivity contribution is -0.117. The van der Waals surface area contributed by atoms with Gasteiger partial charge in [0.2, 0.25) is 0 Å². The maximum Gasteiger partial charge on any atom is 0.282 e. The van der Waals surface area contributed by atoms with Crippen LogP contribution < -0.4 is 10.7 Å². The molecule has 1 aliphatic heterocycles. The third-order valence-corrected chi connectivity index (χ3v) is 3.57. The van der Waals surface area contributed by atoms with E-state index < -0.39 is 11.8 Å². The van der Waals surface area contributed by atoms with Crippen LogP contribution in [0.2, 0.25) is 0 Å². The zero-order valence-electron chi connectivity index (χ0n) is 12.9. The van der Waals surface area contributed by atoms with E-state index in [-0.39, 0.29) is 16.9 Å². The Morgan fingerprint density at radius 2 is 1.92 bits per heavy atom. The molecule has 2 amide bonds. The number of carbonyl (C=O) groups excluding carboxylic acids is 2. The number of rotatable bonds is 3. The third-order valence-electron chi connectivity index (χ3n) is 3.57. The molecule has 122 valence electrons. The standard InChI is InChI=1S/C18H12N4O3/c19-9-13(16-12-6-2-3-7-14(12)21-18(16)25)17(24)22-20-10-11-5-1-4-8-15(11)23/h1-8,10,23H,(H,21,25)(H,22,24). The fourth-order valence-electron chi connectivity index (χ4n) is 2.40. The highest BCUT2D eigenvalue weighted by Crippen LogP contribution is 2.33. The molecule has 1 heterocycles. The number of nitrogens with zero attached hydrogens (tertiary/aromatic N) is 2. The highest BCUT2D eigenvalue weighted by atomic mass is 16.3. The second-order valence-electron chi connectivity index (χ2n) is 5.12. The minimum absolute atomic E-state index is 0.00320. The summed E-state index contributed by atoms with van der Waals surface area (Å²) >= 11 is 0. The van der Waals surface area contributed by atoms with Gasteiger partial charge in [0.1, 0.15) is 17.4 Å². The quantitative estimate of drug-likeness (QED) is 0.344. The number of hydrazone groups is 1. The van der Waals surface area contributed by atoms with Crippen LogP contribution in [-0.4, -0.2) is 23.1 Å². The van der Waals surface area contributed by atoms with Gasteiger partial charge < -0.3 is 10.4 Å². The van der Waals surface area contributed by atoms with Crippen LogP contribution in [0.4, 0.5) is 5.69 Å². The Balaban J connectivity index is 1.87. The zero-order chi connectivity index (χ0) is 17.8. The number of aromatic hydroxyl groups is 1. The van der Waals surface area contributed by atoms with Gasteiger partial charge in [-0.05, 0) is 18.2 Å². The summed E-state index contributed by atoms with van der Waals surface area (Å²) in [4.78, 5) is 24.3. The maximum absolute atomic E-state index is 12.2. The zero-order valence-corrected chi connectivity index (χ0v) is 12.9. The van der Waals surface area contributed by atoms with Gasteiger partial charge in [0, 0.05) is 16.8 Å². The predicted octanol–water partition coefficient (Wildman–Crippen LogP) is 1.77. The summed E-state index contributed by atoms with van der Waals surface area (Å²) in [7, 11) is 0. The molecule has 2 aromatic carbocycles. The molecule has 7 heteroatoms. The minimum atomic E-state index is -0.809. The minimum Gasteiger partial charge on any atom is -0.507 e. The number of nitrogens with one attached hydrogen (secondary N) is 2. The summed E-state index contributed by atoms with van der Waals surface area (Å²) in [5, 5.41) is 25.3. The number of benzene rings is 2. The van der Waals surface area contributed by atoms with Crippen molar-refractivity contribution in [3.05, 3.63) is 65.2 Å². The number of fused-ring (bicyclic) bond motifs is 1. The van der Waals surface area contributed by atoms with Crippen molar-refractivity contribution in [3.63, 3.8) is 0 Å². The van der Waals surface area contributed by atoms with E-state index in [4.69, 9.17) is 0 Å². The smallest absolute Gasteiger partial charge is 0.282 e. The molecule has 1 aliphatic rings. The van der Waals surface area contributed by atoms with Crippen LogP contribution in [0.15, 0.2) is 59.2 Å². The molecule has 0 saturated heterocycles. The van der Waals surface area contributed by atoms with Crippen LogP contribution in [0.25, 0.3) is 5.57 Å². The monoisotopic (exact) mass is 332 g/mol. The van der Waals surface area contributed by atoms with Crippen molar-refractivity contribution >= 4 is 29.3 Å². The number of anilines is 1. The lowest BCUT2D eigenvalue weighted by Gasteiger charge is -2.02. The Morgan fingerprint density at radius 3 is 2.68 bits per heavy atom. The van der Waals surface area contributed by atoms with E-state index in [1.54, 1.807) is 48.5 Å². The molecule has 0 aliphatic carbocycles. The highest BCUT2D eigenvalue weighted by Gasteiger charge is 2.29. The molecule has 25 heavy (non-hydrogen) atoms. The summed E-state index contributed by atoms with van der Waals surface area (Å²) in [5.41, 5.74) is 3.30. The van der Waals surface area contributed by atoms with Crippen molar-refractivity contribution in [2.45, 2.75) is 0 Å². The molecule has 0 atom stereocenters. The predicted molar refractivity (Wildman–Crippen MR) is 91.4 cm³/mol. The van der Waals surface area contributed by atoms with E-state index in [1.807, 2.05) is 0 Å². The van der Waals surface area contributed by atoms with E-state index in [2.05, 4.69) is 15.8 Å². The van der Waals surface area contributed by atoms with Crippen molar-refractivity contribution < 1.29 is 14.7 Å². The molecule has 3 N–H and O–H groups in total. The Kier molecular flexibility index (Phi) is 4.26. The van der Waals surface area contributed by atoms with Gasteiger partial charge >= 0.3 is 0 Å². The molecule has 0 spiro atoms. The van der Waals surface area contributed by atoms with Gasteiger partial charge in [-0.1, -0.05) is 30.3 Å². The summed E-state index contributed by atoms with van der Waals surface area (Å²) in [6.07, 6.45) is 1.25. The number of nitriles is 1. The molecule has 0 bridgehead atoms. The van der Waals surface area contributed by atoms with Crippen molar-refractivity contribution in [2.24, 2.45) is 5.10 Å². The Labute approximate surface area is 142 Å². The molecule has 0 saturated carbocycles. The fourth-order valence-corrected chi connectivity index (χ4v) is 2.40. The van der Waals surface area contributed by atoms with Crippen LogP contribution >= 0.6 is 0 Å².